The molecule has 2 aromatic carbocycles. The van der Waals surface area contributed by atoms with Gasteiger partial charge in [-0.1, -0.05) is 60.7 Å². The molecular formula is C26H30N2O6S. The highest BCUT2D eigenvalue weighted by molar-refractivity contribution is 7.94. The Bertz CT molecular complexity index is 1060. The number of fused-ring (bicyclic) bond motifs is 1. The van der Waals surface area contributed by atoms with Gasteiger partial charge in [0, 0.05) is 0 Å². The molecule has 0 aliphatic carbocycles. The molecule has 2 heterocycles. The van der Waals surface area contributed by atoms with Crippen molar-refractivity contribution in [2.24, 2.45) is 0 Å². The van der Waals surface area contributed by atoms with E-state index in [4.69, 9.17) is 9.47 Å². The zero-order valence-corrected chi connectivity index (χ0v) is 21.2. The van der Waals surface area contributed by atoms with Crippen molar-refractivity contribution in [3.63, 3.8) is 0 Å². The van der Waals surface area contributed by atoms with Gasteiger partial charge in [0.1, 0.15) is 5.60 Å². The van der Waals surface area contributed by atoms with Crippen molar-refractivity contribution in [3.8, 4) is 0 Å². The molecule has 2 aliphatic heterocycles. The lowest BCUT2D eigenvalue weighted by Crippen LogP contribution is -2.72. The van der Waals surface area contributed by atoms with E-state index in [0.717, 1.165) is 11.1 Å². The first-order valence-electron chi connectivity index (χ1n) is 11.4. The molecule has 2 aliphatic rings. The van der Waals surface area contributed by atoms with Crippen LogP contribution in [0.4, 0.5) is 4.79 Å². The number of alkyl carbamates (subject to hydrolysis) is 1. The van der Waals surface area contributed by atoms with Crippen LogP contribution >= 0.6 is 0 Å². The number of benzene rings is 2. The summed E-state index contributed by atoms with van der Waals surface area (Å²) in [6.45, 7) is 8.47. The minimum Gasteiger partial charge on any atom is -0.614 e. The maximum Gasteiger partial charge on any atom is 0.408 e. The normalized spacial score (nSPS) is 25.0. The Morgan fingerprint density at radius 1 is 1.03 bits per heavy atom. The topological polar surface area (TPSA) is 108 Å². The van der Waals surface area contributed by atoms with Crippen molar-refractivity contribution in [1.82, 2.24) is 10.2 Å². The Morgan fingerprint density at radius 3 is 2.03 bits per heavy atom. The van der Waals surface area contributed by atoms with Crippen LogP contribution in [-0.2, 0) is 30.2 Å². The molecule has 0 bridgehead atoms. The summed E-state index contributed by atoms with van der Waals surface area (Å²) >= 11 is -1.63. The van der Waals surface area contributed by atoms with E-state index in [1.165, 1.54) is 4.90 Å². The van der Waals surface area contributed by atoms with Crippen LogP contribution < -0.4 is 5.32 Å². The second-order valence-corrected chi connectivity index (χ2v) is 12.3. The van der Waals surface area contributed by atoms with Crippen molar-refractivity contribution >= 4 is 29.1 Å². The lowest BCUT2D eigenvalue weighted by Gasteiger charge is -2.41. The fourth-order valence-electron chi connectivity index (χ4n) is 4.47. The average molecular weight is 499 g/mol. The summed E-state index contributed by atoms with van der Waals surface area (Å²) in [6.07, 6.45) is -1.47. The van der Waals surface area contributed by atoms with Gasteiger partial charge in [0.05, 0.1) is 0 Å². The molecular weight excluding hydrogens is 468 g/mol. The Morgan fingerprint density at radius 2 is 1.54 bits per heavy atom. The smallest absolute Gasteiger partial charge is 0.408 e. The average Bonchev–Trinajstić information content (AvgIpc) is 2.99. The van der Waals surface area contributed by atoms with Gasteiger partial charge in [0.2, 0.25) is 5.37 Å². The van der Waals surface area contributed by atoms with Crippen LogP contribution in [0, 0.1) is 0 Å². The molecule has 2 unspecified atom stereocenters. The molecule has 8 nitrogen and oxygen atoms in total. The van der Waals surface area contributed by atoms with E-state index >= 15 is 0 Å². The first-order chi connectivity index (χ1) is 16.4. The number of rotatable bonds is 5. The maximum absolute atomic E-state index is 13.6. The third-order valence-electron chi connectivity index (χ3n) is 6.09. The minimum atomic E-state index is -1.63. The third-order valence-corrected chi connectivity index (χ3v) is 8.29. The number of nitrogens with zero attached hydrogens (tertiary/aromatic N) is 1. The van der Waals surface area contributed by atoms with Crippen molar-refractivity contribution in [2.75, 3.05) is 0 Å². The summed E-state index contributed by atoms with van der Waals surface area (Å²) in [5.74, 6) is -1.13. The van der Waals surface area contributed by atoms with E-state index in [1.807, 2.05) is 60.7 Å². The Balaban J connectivity index is 1.57. The monoisotopic (exact) mass is 498 g/mol. The molecule has 4 atom stereocenters. The summed E-state index contributed by atoms with van der Waals surface area (Å²) in [5, 5.41) is 1.68. The fraction of sp³-hybridized carbons (Fsp3) is 0.423. The second kappa shape index (κ2) is 9.20. The number of hydrogen-bond donors (Lipinski definition) is 1. The molecule has 1 N–H and O–H groups in total. The van der Waals surface area contributed by atoms with Gasteiger partial charge < -0.3 is 19.3 Å². The second-order valence-electron chi connectivity index (χ2n) is 10.2. The van der Waals surface area contributed by atoms with E-state index < -0.39 is 63.1 Å². The quantitative estimate of drug-likeness (QED) is 0.385. The summed E-state index contributed by atoms with van der Waals surface area (Å²) in [6, 6.07) is 16.5. The van der Waals surface area contributed by atoms with Crippen LogP contribution in [-0.4, -0.2) is 55.2 Å². The minimum absolute atomic E-state index is 0.488. The van der Waals surface area contributed by atoms with Gasteiger partial charge >= 0.3 is 12.1 Å². The fourth-order valence-corrected chi connectivity index (χ4v) is 6.39. The molecule has 2 fully saturated rings. The molecule has 0 aromatic heterocycles. The largest absolute Gasteiger partial charge is 0.614 e. The third kappa shape index (κ3) is 4.75. The van der Waals surface area contributed by atoms with E-state index in [0.29, 0.717) is 0 Å². The van der Waals surface area contributed by atoms with Gasteiger partial charge in [0.25, 0.3) is 5.91 Å². The lowest BCUT2D eigenvalue weighted by atomic mass is 9.95. The molecule has 2 saturated heterocycles. The van der Waals surface area contributed by atoms with Gasteiger partial charge in [0.15, 0.2) is 22.9 Å². The molecule has 9 heteroatoms. The van der Waals surface area contributed by atoms with Crippen molar-refractivity contribution in [2.45, 2.75) is 68.5 Å². The number of esters is 1. The molecule has 0 radical (unpaired) electrons. The standard InChI is InChI=1S/C26H30N2O6S/c1-25(2,3)34-24(31)27-18-21(29)28-20(26(4,5)35(32)22(18)28)23(30)33-19(16-12-8-6-9-13-16)17-14-10-7-11-15-17/h6-15,18-20,22H,1-5H3,(H,27,31)/t18?,20-,22+,35?/m0/s1. The number of hydrogen-bond acceptors (Lipinski definition) is 6. The van der Waals surface area contributed by atoms with Gasteiger partial charge in [-0.15, -0.1) is 0 Å². The number of β-lactam (4-membered cyclic amide) rings is 1. The molecule has 4 rings (SSSR count). The van der Waals surface area contributed by atoms with Crippen LogP contribution in [0.2, 0.25) is 0 Å². The van der Waals surface area contributed by atoms with Crippen LogP contribution in [0.5, 0.6) is 0 Å². The van der Waals surface area contributed by atoms with E-state index in [1.54, 1.807) is 34.6 Å². The zero-order chi connectivity index (χ0) is 25.5. The predicted molar refractivity (Wildman–Crippen MR) is 131 cm³/mol. The molecule has 0 saturated carbocycles. The highest BCUT2D eigenvalue weighted by Crippen LogP contribution is 2.47. The van der Waals surface area contributed by atoms with E-state index in [9.17, 15) is 18.9 Å². The molecule has 186 valence electrons. The van der Waals surface area contributed by atoms with Crippen molar-refractivity contribution < 1.29 is 28.4 Å². The van der Waals surface area contributed by atoms with Gasteiger partial charge in [-0.05, 0) is 56.9 Å². The molecule has 2 amide bonds. The maximum atomic E-state index is 13.6. The van der Waals surface area contributed by atoms with E-state index in [-0.39, 0.29) is 0 Å². The summed E-state index contributed by atoms with van der Waals surface area (Å²) in [4.78, 5) is 40.1. The number of carbonyl (C=O) groups is 3. The molecule has 35 heavy (non-hydrogen) atoms. The van der Waals surface area contributed by atoms with Crippen LogP contribution in [0.25, 0.3) is 0 Å². The van der Waals surface area contributed by atoms with Crippen LogP contribution in [0.15, 0.2) is 60.7 Å². The zero-order valence-electron chi connectivity index (χ0n) is 20.4. The summed E-state index contributed by atoms with van der Waals surface area (Å²) in [7, 11) is 0. The first-order valence-corrected chi connectivity index (χ1v) is 12.7. The SMILES string of the molecule is CC(C)(C)OC(=O)NC1C(=O)N2[C@@H]1[S+]([O-])C(C)(C)[C@@H]2C(=O)OC(c1ccccc1)c1ccccc1. The number of amides is 2. The summed E-state index contributed by atoms with van der Waals surface area (Å²) in [5.41, 5.74) is 0.806. The Labute approximate surface area is 208 Å². The number of nitrogens with one attached hydrogen (secondary N) is 1. The van der Waals surface area contributed by atoms with Crippen LogP contribution in [0.3, 0.4) is 0 Å². The van der Waals surface area contributed by atoms with Gasteiger partial charge in [-0.25, -0.2) is 9.59 Å². The molecule has 2 aromatic rings. The van der Waals surface area contributed by atoms with Crippen LogP contribution in [0.1, 0.15) is 51.8 Å². The lowest BCUT2D eigenvalue weighted by molar-refractivity contribution is -0.166. The number of carbonyl (C=O) groups excluding carboxylic acids is 3. The molecule has 0 spiro atoms. The first kappa shape index (κ1) is 25.1. The highest BCUT2D eigenvalue weighted by Gasteiger charge is 2.73. The Hall–Kier alpha value is -3.04. The van der Waals surface area contributed by atoms with Gasteiger partial charge in [-0.3, -0.25) is 9.69 Å². The van der Waals surface area contributed by atoms with Gasteiger partial charge in [-0.2, -0.15) is 0 Å². The predicted octanol–water partition coefficient (Wildman–Crippen LogP) is 3.29. The summed E-state index contributed by atoms with van der Waals surface area (Å²) < 4.78 is 23.5. The Kier molecular flexibility index (Phi) is 6.59. The van der Waals surface area contributed by atoms with Crippen molar-refractivity contribution in [3.05, 3.63) is 71.8 Å². The highest BCUT2D eigenvalue weighted by atomic mass is 32.2. The number of ether oxygens (including phenoxy) is 2. The van der Waals surface area contributed by atoms with Crippen molar-refractivity contribution in [1.29, 1.82) is 0 Å². The van der Waals surface area contributed by atoms with E-state index in [2.05, 4.69) is 5.32 Å².